The summed E-state index contributed by atoms with van der Waals surface area (Å²) in [5.74, 6) is 1.94. The molecule has 0 saturated heterocycles. The van der Waals surface area contributed by atoms with Crippen molar-refractivity contribution in [3.05, 3.63) is 28.7 Å². The Kier molecular flexibility index (Phi) is 6.69. The summed E-state index contributed by atoms with van der Waals surface area (Å²) in [5.41, 5.74) is 2.56. The second-order valence-corrected chi connectivity index (χ2v) is 12.7. The van der Waals surface area contributed by atoms with E-state index in [-0.39, 0.29) is 5.04 Å². The number of rotatable bonds is 7. The van der Waals surface area contributed by atoms with E-state index in [2.05, 4.69) is 59.9 Å². The quantitative estimate of drug-likeness (QED) is 0.521. The normalized spacial score (nSPS) is 13.7. The van der Waals surface area contributed by atoms with Crippen LogP contribution in [-0.4, -0.2) is 8.32 Å². The Morgan fingerprint density at radius 2 is 1.95 bits per heavy atom. The summed E-state index contributed by atoms with van der Waals surface area (Å²) in [6.07, 6.45) is 5.78. The van der Waals surface area contributed by atoms with Gasteiger partial charge in [-0.25, -0.2) is 0 Å². The lowest BCUT2D eigenvalue weighted by molar-refractivity contribution is 0.274. The van der Waals surface area contributed by atoms with Crippen LogP contribution >= 0.6 is 0 Å². The standard InChI is InChI=1S/C19H34O2Si/c1-9-10-11-15(2)12-18-13-17(16(3)21-18)14-20-22(7,8)19(4,5)6/h12-13H,9-11,14H2,1-8H3/b15-12+. The minimum Gasteiger partial charge on any atom is -0.462 e. The van der Waals surface area contributed by atoms with Crippen molar-refractivity contribution in [2.75, 3.05) is 0 Å². The predicted molar refractivity (Wildman–Crippen MR) is 98.6 cm³/mol. The van der Waals surface area contributed by atoms with E-state index < -0.39 is 8.32 Å². The molecule has 0 aliphatic heterocycles. The SMILES string of the molecule is CCCC/C(C)=C/c1cc(CO[Si](C)(C)C(C)(C)C)c(C)o1. The third-order valence-corrected chi connectivity index (χ3v) is 9.23. The summed E-state index contributed by atoms with van der Waals surface area (Å²) in [6.45, 7) is 18.5. The third-order valence-electron chi connectivity index (χ3n) is 4.75. The summed E-state index contributed by atoms with van der Waals surface area (Å²) in [4.78, 5) is 0. The maximum absolute atomic E-state index is 6.30. The number of aryl methyl sites for hydroxylation is 1. The maximum Gasteiger partial charge on any atom is 0.192 e. The molecular formula is C19H34O2Si. The molecule has 3 heteroatoms. The monoisotopic (exact) mass is 322 g/mol. The molecule has 0 spiro atoms. The molecule has 1 aromatic heterocycles. The van der Waals surface area contributed by atoms with Gasteiger partial charge in [0.05, 0.1) is 6.61 Å². The van der Waals surface area contributed by atoms with Crippen molar-refractivity contribution >= 4 is 14.4 Å². The first-order valence-electron chi connectivity index (χ1n) is 8.47. The van der Waals surface area contributed by atoms with Gasteiger partial charge in [-0.3, -0.25) is 0 Å². The number of furan rings is 1. The van der Waals surface area contributed by atoms with Crippen LogP contribution in [0.4, 0.5) is 0 Å². The molecular weight excluding hydrogens is 288 g/mol. The van der Waals surface area contributed by atoms with Crippen LogP contribution in [0, 0.1) is 6.92 Å². The lowest BCUT2D eigenvalue weighted by Gasteiger charge is -2.36. The summed E-state index contributed by atoms with van der Waals surface area (Å²) < 4.78 is 12.2. The fraction of sp³-hybridized carbons (Fsp3) is 0.684. The van der Waals surface area contributed by atoms with E-state index in [1.807, 2.05) is 6.92 Å². The molecule has 0 amide bonds. The molecule has 0 unspecified atom stereocenters. The summed E-state index contributed by atoms with van der Waals surface area (Å²) in [6, 6.07) is 2.14. The highest BCUT2D eigenvalue weighted by Crippen LogP contribution is 2.37. The minimum absolute atomic E-state index is 0.240. The zero-order valence-corrected chi connectivity index (χ0v) is 16.8. The van der Waals surface area contributed by atoms with Crippen LogP contribution in [0.5, 0.6) is 0 Å². The van der Waals surface area contributed by atoms with Gasteiger partial charge < -0.3 is 8.84 Å². The minimum atomic E-state index is -1.71. The van der Waals surface area contributed by atoms with Crippen molar-refractivity contribution in [3.8, 4) is 0 Å². The first kappa shape index (κ1) is 19.2. The van der Waals surface area contributed by atoms with E-state index >= 15 is 0 Å². The topological polar surface area (TPSA) is 22.4 Å². The zero-order valence-electron chi connectivity index (χ0n) is 15.8. The fourth-order valence-corrected chi connectivity index (χ4v) is 2.95. The average Bonchev–Trinajstić information content (AvgIpc) is 2.73. The largest absolute Gasteiger partial charge is 0.462 e. The molecule has 126 valence electrons. The van der Waals surface area contributed by atoms with Gasteiger partial charge in [0, 0.05) is 5.56 Å². The van der Waals surface area contributed by atoms with Gasteiger partial charge in [0.1, 0.15) is 11.5 Å². The van der Waals surface area contributed by atoms with Gasteiger partial charge in [-0.15, -0.1) is 0 Å². The van der Waals surface area contributed by atoms with E-state index in [4.69, 9.17) is 8.84 Å². The van der Waals surface area contributed by atoms with Crippen molar-refractivity contribution < 1.29 is 8.84 Å². The van der Waals surface area contributed by atoms with Crippen LogP contribution < -0.4 is 0 Å². The molecule has 1 heterocycles. The maximum atomic E-state index is 6.30. The van der Waals surface area contributed by atoms with Crippen LogP contribution in [0.3, 0.4) is 0 Å². The highest BCUT2D eigenvalue weighted by atomic mass is 28.4. The average molecular weight is 323 g/mol. The molecule has 2 nitrogen and oxygen atoms in total. The highest BCUT2D eigenvalue weighted by molar-refractivity contribution is 6.74. The molecule has 0 atom stereocenters. The van der Waals surface area contributed by atoms with E-state index in [0.717, 1.165) is 17.9 Å². The second kappa shape index (κ2) is 7.65. The summed E-state index contributed by atoms with van der Waals surface area (Å²) in [5, 5.41) is 0.240. The molecule has 1 aromatic rings. The summed E-state index contributed by atoms with van der Waals surface area (Å²) in [7, 11) is -1.71. The molecule has 22 heavy (non-hydrogen) atoms. The van der Waals surface area contributed by atoms with Gasteiger partial charge in [0.25, 0.3) is 0 Å². The molecule has 0 N–H and O–H groups in total. The number of hydrogen-bond acceptors (Lipinski definition) is 2. The molecule has 0 aromatic carbocycles. The smallest absolute Gasteiger partial charge is 0.192 e. The van der Waals surface area contributed by atoms with E-state index in [0.29, 0.717) is 6.61 Å². The molecule has 1 rings (SSSR count). The zero-order chi connectivity index (χ0) is 17.0. The number of hydrogen-bond donors (Lipinski definition) is 0. The van der Waals surface area contributed by atoms with Gasteiger partial charge in [-0.05, 0) is 57.0 Å². The Morgan fingerprint density at radius 3 is 2.50 bits per heavy atom. The van der Waals surface area contributed by atoms with E-state index in [9.17, 15) is 0 Å². The van der Waals surface area contributed by atoms with Crippen molar-refractivity contribution in [1.82, 2.24) is 0 Å². The Labute approximate surface area is 138 Å². The first-order chi connectivity index (χ1) is 10.1. The van der Waals surface area contributed by atoms with Gasteiger partial charge in [0.15, 0.2) is 8.32 Å². The highest BCUT2D eigenvalue weighted by Gasteiger charge is 2.37. The molecule has 0 bridgehead atoms. The Morgan fingerprint density at radius 1 is 1.32 bits per heavy atom. The Hall–Kier alpha value is -0.803. The van der Waals surface area contributed by atoms with Crippen LogP contribution in [0.15, 0.2) is 16.1 Å². The lowest BCUT2D eigenvalue weighted by Crippen LogP contribution is -2.40. The molecule has 0 radical (unpaired) electrons. The molecule has 0 saturated carbocycles. The van der Waals surface area contributed by atoms with E-state index in [1.54, 1.807) is 0 Å². The fourth-order valence-electron chi connectivity index (χ4n) is 2.00. The molecule has 0 fully saturated rings. The van der Waals surface area contributed by atoms with Crippen LogP contribution in [0.25, 0.3) is 6.08 Å². The van der Waals surface area contributed by atoms with Gasteiger partial charge in [-0.2, -0.15) is 0 Å². The van der Waals surface area contributed by atoms with Gasteiger partial charge in [0.2, 0.25) is 0 Å². The number of unbranched alkanes of at least 4 members (excludes halogenated alkanes) is 1. The van der Waals surface area contributed by atoms with Crippen LogP contribution in [-0.2, 0) is 11.0 Å². The Balaban J connectivity index is 2.75. The van der Waals surface area contributed by atoms with E-state index in [1.165, 1.54) is 24.0 Å². The molecule has 0 aliphatic rings. The third kappa shape index (κ3) is 5.44. The van der Waals surface area contributed by atoms with Crippen molar-refractivity contribution in [2.24, 2.45) is 0 Å². The van der Waals surface area contributed by atoms with Gasteiger partial charge >= 0.3 is 0 Å². The van der Waals surface area contributed by atoms with Crippen molar-refractivity contribution in [1.29, 1.82) is 0 Å². The Bertz CT molecular complexity index is 504. The number of allylic oxidation sites excluding steroid dienone is 1. The first-order valence-corrected chi connectivity index (χ1v) is 11.4. The van der Waals surface area contributed by atoms with Crippen LogP contribution in [0.2, 0.25) is 18.1 Å². The summed E-state index contributed by atoms with van der Waals surface area (Å²) >= 11 is 0. The predicted octanol–water partition coefficient (Wildman–Crippen LogP) is 6.70. The lowest BCUT2D eigenvalue weighted by atomic mass is 10.1. The van der Waals surface area contributed by atoms with Crippen molar-refractivity contribution in [2.45, 2.75) is 85.5 Å². The van der Waals surface area contributed by atoms with Crippen molar-refractivity contribution in [3.63, 3.8) is 0 Å². The van der Waals surface area contributed by atoms with Gasteiger partial charge in [-0.1, -0.05) is 39.7 Å². The molecule has 0 aliphatic carbocycles. The van der Waals surface area contributed by atoms with Crippen LogP contribution in [0.1, 0.15) is 71.0 Å². The second-order valence-electron chi connectivity index (χ2n) is 7.87.